The van der Waals surface area contributed by atoms with E-state index >= 15 is 0 Å². The maximum absolute atomic E-state index is 6.17. The second-order valence-corrected chi connectivity index (χ2v) is 6.24. The molecule has 1 aromatic heterocycles. The number of rotatable bonds is 2. The van der Waals surface area contributed by atoms with Crippen LogP contribution >= 0.6 is 15.9 Å². The summed E-state index contributed by atoms with van der Waals surface area (Å²) < 4.78 is 2.56. The van der Waals surface area contributed by atoms with Crippen molar-refractivity contribution >= 4 is 21.7 Å². The Hall–Kier alpha value is -1.49. The van der Waals surface area contributed by atoms with Crippen molar-refractivity contribution in [2.75, 3.05) is 11.6 Å². The highest BCUT2D eigenvalue weighted by Crippen LogP contribution is 2.37. The number of nitrogen functional groups attached to an aromatic ring is 2. The van der Waals surface area contributed by atoms with Gasteiger partial charge in [0.05, 0.1) is 0 Å². The van der Waals surface area contributed by atoms with E-state index in [0.717, 1.165) is 34.4 Å². The molecule has 1 aliphatic carbocycles. The van der Waals surface area contributed by atoms with Crippen LogP contribution in [0.3, 0.4) is 0 Å². The number of hydrogen-bond donors (Lipinski definition) is 2. The minimum atomic E-state index is 0.437. The van der Waals surface area contributed by atoms with Crippen LogP contribution in [0.25, 0.3) is 11.3 Å². The number of nitrogens with zero attached hydrogens (tertiary/aromatic N) is 2. The summed E-state index contributed by atoms with van der Waals surface area (Å²) in [5.41, 5.74) is 7.94. The fourth-order valence-electron chi connectivity index (χ4n) is 2.96. The monoisotopic (exact) mass is 334 g/mol. The fourth-order valence-corrected chi connectivity index (χ4v) is 3.44. The van der Waals surface area contributed by atoms with E-state index in [2.05, 4.69) is 15.9 Å². The van der Waals surface area contributed by atoms with Crippen molar-refractivity contribution in [2.24, 2.45) is 0 Å². The molecule has 0 amide bonds. The molecule has 20 heavy (non-hydrogen) atoms. The third-order valence-corrected chi connectivity index (χ3v) is 4.77. The standard InChI is InChI=1S/C15H19BrN4/c16-12-9-5-4-8-11(12)13-14(17)20(18)15(19-13)10-6-2-1-3-7-10/h4-5,8-10H,1-3,6-7,17-18H2. The summed E-state index contributed by atoms with van der Waals surface area (Å²) in [6.45, 7) is 0. The molecule has 1 saturated carbocycles. The minimum absolute atomic E-state index is 0.437. The van der Waals surface area contributed by atoms with Crippen LogP contribution in [0.15, 0.2) is 28.7 Å². The van der Waals surface area contributed by atoms with E-state index in [1.165, 1.54) is 19.3 Å². The van der Waals surface area contributed by atoms with E-state index in [1.54, 1.807) is 4.68 Å². The van der Waals surface area contributed by atoms with Gasteiger partial charge >= 0.3 is 0 Å². The van der Waals surface area contributed by atoms with Crippen LogP contribution in [0.4, 0.5) is 5.82 Å². The number of benzene rings is 1. The lowest BCUT2D eigenvalue weighted by Crippen LogP contribution is -2.19. The number of aromatic nitrogens is 2. The Kier molecular flexibility index (Phi) is 3.70. The molecule has 2 aromatic rings. The first-order chi connectivity index (χ1) is 9.68. The second kappa shape index (κ2) is 5.48. The highest BCUT2D eigenvalue weighted by Gasteiger charge is 2.24. The first-order valence-electron chi connectivity index (χ1n) is 7.06. The van der Waals surface area contributed by atoms with E-state index < -0.39 is 0 Å². The molecule has 106 valence electrons. The number of hydrogen-bond acceptors (Lipinski definition) is 3. The molecule has 1 heterocycles. The van der Waals surface area contributed by atoms with Crippen molar-refractivity contribution < 1.29 is 0 Å². The van der Waals surface area contributed by atoms with Crippen molar-refractivity contribution in [3.8, 4) is 11.3 Å². The summed E-state index contributed by atoms with van der Waals surface area (Å²) in [5.74, 6) is 8.04. The lowest BCUT2D eigenvalue weighted by atomic mass is 9.89. The largest absolute Gasteiger partial charge is 0.382 e. The number of imidazole rings is 1. The Labute approximate surface area is 127 Å². The molecular weight excluding hydrogens is 316 g/mol. The number of anilines is 1. The molecule has 0 unspecified atom stereocenters. The molecule has 0 atom stereocenters. The zero-order valence-corrected chi connectivity index (χ0v) is 12.9. The Morgan fingerprint density at radius 1 is 1.15 bits per heavy atom. The lowest BCUT2D eigenvalue weighted by molar-refractivity contribution is 0.424. The third-order valence-electron chi connectivity index (χ3n) is 4.07. The van der Waals surface area contributed by atoms with Gasteiger partial charge in [0.1, 0.15) is 11.5 Å². The van der Waals surface area contributed by atoms with E-state index in [1.807, 2.05) is 24.3 Å². The van der Waals surface area contributed by atoms with Crippen molar-refractivity contribution in [2.45, 2.75) is 38.0 Å². The molecule has 0 saturated heterocycles. The molecule has 1 fully saturated rings. The Morgan fingerprint density at radius 2 is 1.85 bits per heavy atom. The molecule has 1 aromatic carbocycles. The molecule has 1 aliphatic rings. The molecule has 3 rings (SSSR count). The van der Waals surface area contributed by atoms with Crippen LogP contribution in [0.2, 0.25) is 0 Å². The third kappa shape index (κ3) is 2.30. The van der Waals surface area contributed by atoms with Gasteiger partial charge in [0.15, 0.2) is 5.82 Å². The lowest BCUT2D eigenvalue weighted by Gasteiger charge is -2.20. The van der Waals surface area contributed by atoms with Crippen molar-refractivity contribution in [3.63, 3.8) is 0 Å². The average Bonchev–Trinajstić information content (AvgIpc) is 2.77. The zero-order chi connectivity index (χ0) is 14.1. The zero-order valence-electron chi connectivity index (χ0n) is 11.3. The van der Waals surface area contributed by atoms with Crippen LogP contribution in [0.5, 0.6) is 0 Å². The normalized spacial score (nSPS) is 16.4. The molecule has 0 spiro atoms. The first kappa shape index (κ1) is 13.5. The maximum atomic E-state index is 6.17. The molecule has 0 aliphatic heterocycles. The molecule has 4 N–H and O–H groups in total. The average molecular weight is 335 g/mol. The van der Waals surface area contributed by atoms with E-state index in [4.69, 9.17) is 16.6 Å². The number of nitrogens with two attached hydrogens (primary N) is 2. The minimum Gasteiger partial charge on any atom is -0.382 e. The predicted octanol–water partition coefficient (Wildman–Crippen LogP) is 3.66. The predicted molar refractivity (Wildman–Crippen MR) is 85.8 cm³/mol. The Bertz CT molecular complexity index is 614. The highest BCUT2D eigenvalue weighted by atomic mass is 79.9. The van der Waals surface area contributed by atoms with Gasteiger partial charge in [-0.1, -0.05) is 53.4 Å². The fraction of sp³-hybridized carbons (Fsp3) is 0.400. The summed E-state index contributed by atoms with van der Waals surface area (Å²) in [6, 6.07) is 7.96. The summed E-state index contributed by atoms with van der Waals surface area (Å²) in [6.07, 6.45) is 6.13. The quantitative estimate of drug-likeness (QED) is 0.823. The van der Waals surface area contributed by atoms with Crippen LogP contribution in [-0.4, -0.2) is 9.66 Å². The van der Waals surface area contributed by atoms with Crippen LogP contribution in [0.1, 0.15) is 43.8 Å². The molecule has 0 bridgehead atoms. The SMILES string of the molecule is Nc1c(-c2ccccc2Br)nc(C2CCCCC2)n1N. The summed E-state index contributed by atoms with van der Waals surface area (Å²) in [5, 5.41) is 0. The van der Waals surface area contributed by atoms with E-state index in [0.29, 0.717) is 11.7 Å². The van der Waals surface area contributed by atoms with Crippen LogP contribution < -0.4 is 11.6 Å². The molecule has 0 radical (unpaired) electrons. The van der Waals surface area contributed by atoms with Gasteiger partial charge in [-0.15, -0.1) is 0 Å². The van der Waals surface area contributed by atoms with E-state index in [-0.39, 0.29) is 0 Å². The van der Waals surface area contributed by atoms with Gasteiger partial charge < -0.3 is 11.6 Å². The molecule has 5 heteroatoms. The highest BCUT2D eigenvalue weighted by molar-refractivity contribution is 9.10. The van der Waals surface area contributed by atoms with Gasteiger partial charge in [-0.3, -0.25) is 0 Å². The maximum Gasteiger partial charge on any atom is 0.150 e. The van der Waals surface area contributed by atoms with Crippen LogP contribution in [-0.2, 0) is 0 Å². The second-order valence-electron chi connectivity index (χ2n) is 5.39. The number of halogens is 1. The van der Waals surface area contributed by atoms with Crippen molar-refractivity contribution in [3.05, 3.63) is 34.6 Å². The van der Waals surface area contributed by atoms with Crippen LogP contribution in [0, 0.1) is 0 Å². The summed E-state index contributed by atoms with van der Waals surface area (Å²) in [4.78, 5) is 4.75. The van der Waals surface area contributed by atoms with Gasteiger partial charge in [0.2, 0.25) is 0 Å². The van der Waals surface area contributed by atoms with Gasteiger partial charge in [0.25, 0.3) is 0 Å². The van der Waals surface area contributed by atoms with E-state index in [9.17, 15) is 0 Å². The molecular formula is C15H19BrN4. The van der Waals surface area contributed by atoms with Crippen molar-refractivity contribution in [1.29, 1.82) is 0 Å². The first-order valence-corrected chi connectivity index (χ1v) is 7.86. The Morgan fingerprint density at radius 3 is 2.55 bits per heavy atom. The topological polar surface area (TPSA) is 69.9 Å². The van der Waals surface area contributed by atoms with Crippen molar-refractivity contribution in [1.82, 2.24) is 9.66 Å². The smallest absolute Gasteiger partial charge is 0.150 e. The summed E-state index contributed by atoms with van der Waals surface area (Å²) >= 11 is 3.55. The summed E-state index contributed by atoms with van der Waals surface area (Å²) in [7, 11) is 0. The molecule has 4 nitrogen and oxygen atoms in total. The Balaban J connectivity index is 2.03. The van der Waals surface area contributed by atoms with Gasteiger partial charge in [0, 0.05) is 16.0 Å². The van der Waals surface area contributed by atoms with Gasteiger partial charge in [-0.2, -0.15) is 0 Å². The van der Waals surface area contributed by atoms with Gasteiger partial charge in [-0.25, -0.2) is 9.66 Å². The van der Waals surface area contributed by atoms with Gasteiger partial charge in [-0.05, 0) is 18.9 Å².